The van der Waals surface area contributed by atoms with E-state index in [2.05, 4.69) is 26.7 Å². The standard InChI is InChI=1S/C22H26N4O3/c1-27-18-7-5-4-6-17(18)10-12-23-22-24-13-11-21(26-22)25-15-16-8-9-19(28-2)20(14-16)29-3/h4-9,11,13-14H,10,12,15H2,1-3H3,(H2,23,24,25,26). The molecule has 0 aliphatic rings. The van der Waals surface area contributed by atoms with E-state index in [1.165, 1.54) is 0 Å². The first-order valence-electron chi connectivity index (χ1n) is 9.37. The first-order valence-corrected chi connectivity index (χ1v) is 9.37. The van der Waals surface area contributed by atoms with E-state index in [0.717, 1.165) is 29.1 Å². The summed E-state index contributed by atoms with van der Waals surface area (Å²) in [5.74, 6) is 3.63. The van der Waals surface area contributed by atoms with Gasteiger partial charge in [-0.3, -0.25) is 0 Å². The number of para-hydroxylation sites is 1. The fourth-order valence-corrected chi connectivity index (χ4v) is 2.94. The molecule has 7 heteroatoms. The Balaban J connectivity index is 1.55. The third-order valence-corrected chi connectivity index (χ3v) is 4.45. The van der Waals surface area contributed by atoms with E-state index in [1.807, 2.05) is 42.5 Å². The summed E-state index contributed by atoms with van der Waals surface area (Å²) in [5.41, 5.74) is 2.21. The van der Waals surface area contributed by atoms with Crippen molar-refractivity contribution in [3.05, 3.63) is 65.9 Å². The van der Waals surface area contributed by atoms with Gasteiger partial charge in [0.15, 0.2) is 11.5 Å². The Bertz CT molecular complexity index is 933. The summed E-state index contributed by atoms with van der Waals surface area (Å²) in [6.07, 6.45) is 2.55. The van der Waals surface area contributed by atoms with Gasteiger partial charge >= 0.3 is 0 Å². The molecule has 29 heavy (non-hydrogen) atoms. The highest BCUT2D eigenvalue weighted by Gasteiger charge is 2.06. The lowest BCUT2D eigenvalue weighted by molar-refractivity contribution is 0.354. The number of ether oxygens (including phenoxy) is 3. The minimum atomic E-state index is 0.581. The fraction of sp³-hybridized carbons (Fsp3) is 0.273. The van der Waals surface area contributed by atoms with E-state index >= 15 is 0 Å². The van der Waals surface area contributed by atoms with Crippen LogP contribution in [0.5, 0.6) is 17.2 Å². The largest absolute Gasteiger partial charge is 0.496 e. The Morgan fingerprint density at radius 3 is 2.41 bits per heavy atom. The number of hydrogen-bond acceptors (Lipinski definition) is 7. The van der Waals surface area contributed by atoms with Crippen molar-refractivity contribution >= 4 is 11.8 Å². The van der Waals surface area contributed by atoms with Crippen LogP contribution in [-0.4, -0.2) is 37.8 Å². The van der Waals surface area contributed by atoms with Crippen LogP contribution in [-0.2, 0) is 13.0 Å². The number of nitrogens with one attached hydrogen (secondary N) is 2. The second-order valence-corrected chi connectivity index (χ2v) is 6.30. The maximum Gasteiger partial charge on any atom is 0.224 e. The Labute approximate surface area is 171 Å². The number of aromatic nitrogens is 2. The number of rotatable bonds is 10. The van der Waals surface area contributed by atoms with Crippen molar-refractivity contribution in [2.24, 2.45) is 0 Å². The van der Waals surface area contributed by atoms with Gasteiger partial charge in [0.2, 0.25) is 5.95 Å². The molecule has 0 radical (unpaired) electrons. The number of anilines is 2. The maximum atomic E-state index is 5.39. The molecule has 0 atom stereocenters. The van der Waals surface area contributed by atoms with Crippen molar-refractivity contribution in [1.82, 2.24) is 9.97 Å². The highest BCUT2D eigenvalue weighted by molar-refractivity contribution is 5.45. The maximum absolute atomic E-state index is 5.39. The van der Waals surface area contributed by atoms with Gasteiger partial charge in [-0.05, 0) is 41.8 Å². The van der Waals surface area contributed by atoms with Crippen LogP contribution in [0.2, 0.25) is 0 Å². The Morgan fingerprint density at radius 2 is 1.62 bits per heavy atom. The van der Waals surface area contributed by atoms with Crippen LogP contribution in [0, 0.1) is 0 Å². The molecule has 0 unspecified atom stereocenters. The van der Waals surface area contributed by atoms with Crippen molar-refractivity contribution in [1.29, 1.82) is 0 Å². The van der Waals surface area contributed by atoms with Crippen LogP contribution in [0.1, 0.15) is 11.1 Å². The highest BCUT2D eigenvalue weighted by atomic mass is 16.5. The molecule has 3 aromatic rings. The minimum Gasteiger partial charge on any atom is -0.496 e. The smallest absolute Gasteiger partial charge is 0.224 e. The second-order valence-electron chi connectivity index (χ2n) is 6.30. The van der Waals surface area contributed by atoms with Crippen molar-refractivity contribution in [3.63, 3.8) is 0 Å². The Hall–Kier alpha value is -3.48. The fourth-order valence-electron chi connectivity index (χ4n) is 2.94. The summed E-state index contributed by atoms with van der Waals surface area (Å²) in [4.78, 5) is 8.81. The van der Waals surface area contributed by atoms with Crippen molar-refractivity contribution < 1.29 is 14.2 Å². The first kappa shape index (κ1) is 20.3. The summed E-state index contributed by atoms with van der Waals surface area (Å²) in [6.45, 7) is 1.32. The van der Waals surface area contributed by atoms with E-state index in [-0.39, 0.29) is 0 Å². The molecule has 0 bridgehead atoms. The lowest BCUT2D eigenvalue weighted by Crippen LogP contribution is -2.10. The molecule has 3 rings (SSSR count). The van der Waals surface area contributed by atoms with Gasteiger partial charge in [0.1, 0.15) is 11.6 Å². The summed E-state index contributed by atoms with van der Waals surface area (Å²) >= 11 is 0. The summed E-state index contributed by atoms with van der Waals surface area (Å²) < 4.78 is 16.0. The summed E-state index contributed by atoms with van der Waals surface area (Å²) in [7, 11) is 4.93. The third-order valence-electron chi connectivity index (χ3n) is 4.45. The molecule has 7 nitrogen and oxygen atoms in total. The van der Waals surface area contributed by atoms with Gasteiger partial charge in [0.05, 0.1) is 21.3 Å². The van der Waals surface area contributed by atoms with Gasteiger partial charge in [-0.25, -0.2) is 4.98 Å². The number of hydrogen-bond donors (Lipinski definition) is 2. The van der Waals surface area contributed by atoms with Gasteiger partial charge < -0.3 is 24.8 Å². The number of nitrogens with zero attached hydrogens (tertiary/aromatic N) is 2. The molecule has 0 aliphatic heterocycles. The van der Waals surface area contributed by atoms with Crippen LogP contribution in [0.25, 0.3) is 0 Å². The average Bonchev–Trinajstić information content (AvgIpc) is 2.78. The SMILES string of the molecule is COc1ccccc1CCNc1nccc(NCc2ccc(OC)c(OC)c2)n1. The molecule has 152 valence electrons. The molecule has 1 aromatic heterocycles. The zero-order valence-corrected chi connectivity index (χ0v) is 16.9. The second kappa shape index (κ2) is 10.2. The molecular weight excluding hydrogens is 368 g/mol. The summed E-state index contributed by atoms with van der Waals surface area (Å²) in [6, 6.07) is 15.7. The molecule has 2 aromatic carbocycles. The predicted octanol–water partition coefficient (Wildman–Crippen LogP) is 3.77. The molecule has 0 aliphatic carbocycles. The van der Waals surface area contributed by atoms with Gasteiger partial charge in [-0.1, -0.05) is 24.3 Å². The molecule has 0 saturated heterocycles. The van der Waals surface area contributed by atoms with Gasteiger partial charge in [0, 0.05) is 19.3 Å². The van der Waals surface area contributed by atoms with E-state index in [4.69, 9.17) is 14.2 Å². The van der Waals surface area contributed by atoms with Gasteiger partial charge in [-0.2, -0.15) is 4.98 Å². The van der Waals surface area contributed by atoms with Crippen LogP contribution < -0.4 is 24.8 Å². The minimum absolute atomic E-state index is 0.581. The zero-order valence-electron chi connectivity index (χ0n) is 16.9. The van der Waals surface area contributed by atoms with Crippen LogP contribution >= 0.6 is 0 Å². The zero-order chi connectivity index (χ0) is 20.5. The molecule has 0 spiro atoms. The van der Waals surface area contributed by atoms with Crippen LogP contribution in [0.4, 0.5) is 11.8 Å². The Kier molecular flexibility index (Phi) is 7.10. The normalized spacial score (nSPS) is 10.3. The van der Waals surface area contributed by atoms with Crippen molar-refractivity contribution in [3.8, 4) is 17.2 Å². The van der Waals surface area contributed by atoms with E-state index in [9.17, 15) is 0 Å². The van der Waals surface area contributed by atoms with Gasteiger partial charge in [-0.15, -0.1) is 0 Å². The highest BCUT2D eigenvalue weighted by Crippen LogP contribution is 2.27. The predicted molar refractivity (Wildman–Crippen MR) is 114 cm³/mol. The molecule has 1 heterocycles. The third kappa shape index (κ3) is 5.51. The first-order chi connectivity index (χ1) is 14.2. The number of benzene rings is 2. The van der Waals surface area contributed by atoms with E-state index in [0.29, 0.717) is 30.5 Å². The summed E-state index contributed by atoms with van der Waals surface area (Å²) in [5, 5.41) is 6.57. The lowest BCUT2D eigenvalue weighted by Gasteiger charge is -2.12. The number of methoxy groups -OCH3 is 3. The topological polar surface area (TPSA) is 77.5 Å². The monoisotopic (exact) mass is 394 g/mol. The molecule has 0 fully saturated rings. The van der Waals surface area contributed by atoms with Crippen molar-refractivity contribution in [2.75, 3.05) is 38.5 Å². The van der Waals surface area contributed by atoms with Gasteiger partial charge in [0.25, 0.3) is 0 Å². The molecule has 0 amide bonds. The van der Waals surface area contributed by atoms with E-state index in [1.54, 1.807) is 27.5 Å². The van der Waals surface area contributed by atoms with Crippen LogP contribution in [0.3, 0.4) is 0 Å². The van der Waals surface area contributed by atoms with Crippen molar-refractivity contribution in [2.45, 2.75) is 13.0 Å². The van der Waals surface area contributed by atoms with E-state index < -0.39 is 0 Å². The molecule has 2 N–H and O–H groups in total. The van der Waals surface area contributed by atoms with Crippen LogP contribution in [0.15, 0.2) is 54.7 Å². The molecular formula is C22H26N4O3. The quantitative estimate of drug-likeness (QED) is 0.542. The molecule has 0 saturated carbocycles. The Morgan fingerprint density at radius 1 is 0.828 bits per heavy atom. The average molecular weight is 394 g/mol. The lowest BCUT2D eigenvalue weighted by atomic mass is 10.1.